The van der Waals surface area contributed by atoms with Gasteiger partial charge in [-0.15, -0.1) is 0 Å². The first kappa shape index (κ1) is 19.8. The van der Waals surface area contributed by atoms with Gasteiger partial charge in [-0.25, -0.2) is 17.7 Å². The number of nitrogens with one attached hydrogen (secondary N) is 1. The molecular formula is C21H29N5O3S. The Bertz CT molecular complexity index is 1070. The lowest BCUT2D eigenvalue weighted by molar-refractivity contribution is 0.0718. The molecule has 30 heavy (non-hydrogen) atoms. The number of fused-ring (bicyclic) bond motifs is 3. The van der Waals surface area contributed by atoms with Crippen LogP contribution in [0.4, 0.5) is 5.69 Å². The number of amides is 1. The zero-order valence-electron chi connectivity index (χ0n) is 17.5. The van der Waals surface area contributed by atoms with Crippen molar-refractivity contribution in [3.8, 4) is 0 Å². The summed E-state index contributed by atoms with van der Waals surface area (Å²) in [7, 11) is -1.48. The quantitative estimate of drug-likeness (QED) is 0.785. The van der Waals surface area contributed by atoms with E-state index in [2.05, 4.69) is 14.9 Å². The normalized spacial score (nSPS) is 25.2. The summed E-state index contributed by atoms with van der Waals surface area (Å²) >= 11 is 0. The molecule has 1 aliphatic heterocycles. The number of carbonyl (C=O) groups excluding carboxylic acids is 1. The number of hydrogen-bond donors (Lipinski definition) is 1. The number of aromatic amines is 1. The Morgan fingerprint density at radius 2 is 1.80 bits per heavy atom. The molecule has 0 unspecified atom stereocenters. The number of aromatic nitrogens is 2. The highest BCUT2D eigenvalue weighted by Gasteiger charge is 2.42. The molecule has 0 aromatic carbocycles. The zero-order valence-corrected chi connectivity index (χ0v) is 18.4. The molecule has 1 N–H and O–H groups in total. The van der Waals surface area contributed by atoms with Crippen LogP contribution in [0.25, 0.3) is 11.0 Å². The second-order valence-corrected chi connectivity index (χ2v) is 11.2. The number of hydrogen-bond acceptors (Lipinski definition) is 5. The predicted molar refractivity (Wildman–Crippen MR) is 116 cm³/mol. The van der Waals surface area contributed by atoms with Crippen molar-refractivity contribution < 1.29 is 13.2 Å². The number of pyridine rings is 1. The molecule has 2 aliphatic carbocycles. The van der Waals surface area contributed by atoms with Gasteiger partial charge >= 0.3 is 0 Å². The number of H-pyrrole nitrogens is 1. The van der Waals surface area contributed by atoms with Crippen LogP contribution in [0.2, 0.25) is 0 Å². The summed E-state index contributed by atoms with van der Waals surface area (Å²) in [5.74, 6) is 0.485. The molecular weight excluding hydrogens is 402 g/mol. The van der Waals surface area contributed by atoms with Gasteiger partial charge < -0.3 is 14.8 Å². The second-order valence-electron chi connectivity index (χ2n) is 9.10. The SMILES string of the molecule is CN(CC1CCC(N2CN(C3CC3)C(=O)c3cnc4[nH]ccc4c32)CC1)S(C)(=O)=O. The summed E-state index contributed by atoms with van der Waals surface area (Å²) < 4.78 is 25.0. The lowest BCUT2D eigenvalue weighted by Crippen LogP contribution is -2.52. The lowest BCUT2D eigenvalue weighted by atomic mass is 9.84. The molecule has 2 fully saturated rings. The Hall–Kier alpha value is -2.13. The Balaban J connectivity index is 1.40. The highest BCUT2D eigenvalue weighted by atomic mass is 32.2. The molecule has 3 aliphatic rings. The molecule has 0 saturated heterocycles. The largest absolute Gasteiger partial charge is 0.349 e. The molecule has 162 valence electrons. The number of sulfonamides is 1. The summed E-state index contributed by atoms with van der Waals surface area (Å²) in [6.07, 6.45) is 11.0. The molecule has 0 bridgehead atoms. The number of nitrogens with zero attached hydrogens (tertiary/aromatic N) is 4. The number of rotatable bonds is 5. The topological polar surface area (TPSA) is 89.6 Å². The maximum Gasteiger partial charge on any atom is 0.259 e. The van der Waals surface area contributed by atoms with Crippen LogP contribution < -0.4 is 4.90 Å². The van der Waals surface area contributed by atoms with Gasteiger partial charge in [-0.05, 0) is 50.5 Å². The van der Waals surface area contributed by atoms with Gasteiger partial charge in [0.2, 0.25) is 10.0 Å². The van der Waals surface area contributed by atoms with E-state index >= 15 is 0 Å². The summed E-state index contributed by atoms with van der Waals surface area (Å²) in [4.78, 5) is 25.2. The molecule has 3 heterocycles. The Kier molecular flexibility index (Phi) is 4.77. The van der Waals surface area contributed by atoms with E-state index in [1.807, 2.05) is 17.2 Å². The van der Waals surface area contributed by atoms with Gasteiger partial charge in [0.05, 0.1) is 24.2 Å². The van der Waals surface area contributed by atoms with E-state index in [4.69, 9.17) is 0 Å². The Labute approximate surface area is 177 Å². The van der Waals surface area contributed by atoms with Gasteiger partial charge in [0.15, 0.2) is 0 Å². The molecule has 2 saturated carbocycles. The monoisotopic (exact) mass is 431 g/mol. The summed E-state index contributed by atoms with van der Waals surface area (Å²) in [5, 5.41) is 1.01. The predicted octanol–water partition coefficient (Wildman–Crippen LogP) is 2.40. The fraction of sp³-hybridized carbons (Fsp3) is 0.619. The van der Waals surface area contributed by atoms with Crippen molar-refractivity contribution in [2.45, 2.75) is 50.6 Å². The molecule has 8 nitrogen and oxygen atoms in total. The van der Waals surface area contributed by atoms with Crippen molar-refractivity contribution in [3.63, 3.8) is 0 Å². The summed E-state index contributed by atoms with van der Waals surface area (Å²) in [6.45, 7) is 1.22. The first-order valence-electron chi connectivity index (χ1n) is 10.8. The van der Waals surface area contributed by atoms with Crippen LogP contribution in [0.1, 0.15) is 48.9 Å². The van der Waals surface area contributed by atoms with Crippen molar-refractivity contribution in [3.05, 3.63) is 24.0 Å². The summed E-state index contributed by atoms with van der Waals surface area (Å²) in [6, 6.07) is 2.72. The van der Waals surface area contributed by atoms with E-state index in [0.717, 1.165) is 55.2 Å². The van der Waals surface area contributed by atoms with E-state index in [0.29, 0.717) is 36.8 Å². The van der Waals surface area contributed by atoms with Gasteiger partial charge in [0.1, 0.15) is 5.65 Å². The van der Waals surface area contributed by atoms with Crippen LogP contribution in [0, 0.1) is 5.92 Å². The maximum absolute atomic E-state index is 13.1. The number of anilines is 1. The highest BCUT2D eigenvalue weighted by Crippen LogP contribution is 2.41. The van der Waals surface area contributed by atoms with Crippen LogP contribution >= 0.6 is 0 Å². The minimum atomic E-state index is -3.14. The third kappa shape index (κ3) is 3.47. The molecule has 2 aromatic heterocycles. The van der Waals surface area contributed by atoms with Crippen molar-refractivity contribution in [2.24, 2.45) is 5.92 Å². The minimum Gasteiger partial charge on any atom is -0.349 e. The van der Waals surface area contributed by atoms with E-state index in [-0.39, 0.29) is 5.91 Å². The van der Waals surface area contributed by atoms with Crippen LogP contribution in [-0.4, -0.2) is 72.1 Å². The Morgan fingerprint density at radius 3 is 2.47 bits per heavy atom. The van der Waals surface area contributed by atoms with Gasteiger partial charge in [0, 0.05) is 43.5 Å². The maximum atomic E-state index is 13.1. The fourth-order valence-electron chi connectivity index (χ4n) is 5.02. The minimum absolute atomic E-state index is 0.0998. The van der Waals surface area contributed by atoms with E-state index in [1.165, 1.54) is 10.6 Å². The third-order valence-corrected chi connectivity index (χ3v) is 8.25. The average molecular weight is 432 g/mol. The molecule has 9 heteroatoms. The van der Waals surface area contributed by atoms with Crippen molar-refractivity contribution in [2.75, 3.05) is 31.4 Å². The second kappa shape index (κ2) is 7.23. The lowest BCUT2D eigenvalue weighted by Gasteiger charge is -2.45. The first-order chi connectivity index (χ1) is 14.3. The molecule has 2 aromatic rings. The van der Waals surface area contributed by atoms with Gasteiger partial charge in [0.25, 0.3) is 5.91 Å². The van der Waals surface area contributed by atoms with E-state index in [9.17, 15) is 13.2 Å². The van der Waals surface area contributed by atoms with Gasteiger partial charge in [-0.2, -0.15) is 0 Å². The zero-order chi connectivity index (χ0) is 21.0. The van der Waals surface area contributed by atoms with E-state index in [1.54, 1.807) is 13.2 Å². The molecule has 0 atom stereocenters. The fourth-order valence-corrected chi connectivity index (χ4v) is 5.50. The molecule has 0 spiro atoms. The van der Waals surface area contributed by atoms with Crippen LogP contribution in [-0.2, 0) is 10.0 Å². The van der Waals surface area contributed by atoms with Crippen molar-refractivity contribution in [1.82, 2.24) is 19.2 Å². The summed E-state index contributed by atoms with van der Waals surface area (Å²) in [5.41, 5.74) is 2.54. The third-order valence-electron chi connectivity index (χ3n) is 6.97. The molecule has 5 rings (SSSR count). The van der Waals surface area contributed by atoms with Crippen molar-refractivity contribution in [1.29, 1.82) is 0 Å². The molecule has 0 radical (unpaired) electrons. The van der Waals surface area contributed by atoms with Crippen molar-refractivity contribution >= 4 is 32.7 Å². The van der Waals surface area contributed by atoms with Gasteiger partial charge in [-0.1, -0.05) is 0 Å². The standard InChI is InChI=1S/C21H29N5O3S/c1-24(30(2,28)29)12-14-3-5-15(6-4-14)25-13-26(16-7-8-16)21(27)18-11-23-20-17(19(18)25)9-10-22-20/h9-11,14-16H,3-8,12-13H2,1-2H3,(H,22,23). The van der Waals surface area contributed by atoms with Crippen LogP contribution in [0.3, 0.4) is 0 Å². The van der Waals surface area contributed by atoms with Gasteiger partial charge in [-0.3, -0.25) is 4.79 Å². The van der Waals surface area contributed by atoms with Crippen LogP contribution in [0.5, 0.6) is 0 Å². The molecule has 1 amide bonds. The highest BCUT2D eigenvalue weighted by molar-refractivity contribution is 7.88. The smallest absolute Gasteiger partial charge is 0.259 e. The van der Waals surface area contributed by atoms with E-state index < -0.39 is 10.0 Å². The average Bonchev–Trinajstić information content (AvgIpc) is 3.44. The Morgan fingerprint density at radius 1 is 1.13 bits per heavy atom. The van der Waals surface area contributed by atoms with Crippen LogP contribution in [0.15, 0.2) is 18.5 Å². The first-order valence-corrected chi connectivity index (χ1v) is 12.6. The number of carbonyl (C=O) groups is 1.